The Morgan fingerprint density at radius 2 is 2.19 bits per heavy atom. The number of unbranched alkanes of at least 4 members (excludes halogenated alkanes) is 2. The highest BCUT2D eigenvalue weighted by atomic mass is 16.6. The minimum atomic E-state index is 0.689. The molecular formula is C13H19NO2. The summed E-state index contributed by atoms with van der Waals surface area (Å²) < 4.78 is 5.11. The highest BCUT2D eigenvalue weighted by Crippen LogP contribution is 2.10. The van der Waals surface area contributed by atoms with Gasteiger partial charge in [-0.3, -0.25) is 0 Å². The molecule has 0 saturated heterocycles. The van der Waals surface area contributed by atoms with Gasteiger partial charge in [-0.25, -0.2) is 0 Å². The zero-order valence-corrected chi connectivity index (χ0v) is 9.98. The van der Waals surface area contributed by atoms with E-state index in [2.05, 4.69) is 12.1 Å². The molecule has 0 atom stereocenters. The molecule has 0 fully saturated rings. The van der Waals surface area contributed by atoms with Crippen molar-refractivity contribution in [2.45, 2.75) is 26.2 Å². The summed E-state index contributed by atoms with van der Waals surface area (Å²) in [5, 5.41) is 3.91. The van der Waals surface area contributed by atoms with Crippen molar-refractivity contribution in [2.75, 3.05) is 13.7 Å². The molecule has 0 radical (unpaired) electrons. The maximum absolute atomic E-state index is 5.14. The van der Waals surface area contributed by atoms with Gasteiger partial charge in [-0.2, -0.15) is 0 Å². The lowest BCUT2D eigenvalue weighted by molar-refractivity contribution is 0.141. The number of rotatable bonds is 7. The summed E-state index contributed by atoms with van der Waals surface area (Å²) in [6.45, 7) is 2.85. The molecule has 0 aliphatic rings. The Morgan fingerprint density at radius 3 is 2.94 bits per heavy atom. The molecule has 0 heterocycles. The van der Waals surface area contributed by atoms with Crippen LogP contribution in [-0.2, 0) is 4.84 Å². The number of ether oxygens (including phenoxy) is 1. The van der Waals surface area contributed by atoms with Gasteiger partial charge in [0.25, 0.3) is 0 Å². The summed E-state index contributed by atoms with van der Waals surface area (Å²) in [6, 6.07) is 7.71. The van der Waals surface area contributed by atoms with Gasteiger partial charge in [0.1, 0.15) is 12.4 Å². The molecule has 0 aromatic heterocycles. The monoisotopic (exact) mass is 221 g/mol. The predicted octanol–water partition coefficient (Wildman–Crippen LogP) is 3.24. The zero-order valence-electron chi connectivity index (χ0n) is 9.98. The predicted molar refractivity (Wildman–Crippen MR) is 66.1 cm³/mol. The van der Waals surface area contributed by atoms with Gasteiger partial charge in [0.2, 0.25) is 0 Å². The SMILES string of the molecule is CCCCCON=Cc1cccc(OC)c1. The second kappa shape index (κ2) is 7.74. The number of benzene rings is 1. The topological polar surface area (TPSA) is 30.8 Å². The fourth-order valence-corrected chi connectivity index (χ4v) is 1.29. The van der Waals surface area contributed by atoms with E-state index < -0.39 is 0 Å². The Bertz CT molecular complexity index is 323. The molecule has 1 rings (SSSR count). The lowest BCUT2D eigenvalue weighted by Crippen LogP contribution is -1.90. The van der Waals surface area contributed by atoms with E-state index in [9.17, 15) is 0 Å². The van der Waals surface area contributed by atoms with Gasteiger partial charge in [0.15, 0.2) is 0 Å². The first-order chi connectivity index (χ1) is 7.86. The van der Waals surface area contributed by atoms with E-state index in [-0.39, 0.29) is 0 Å². The van der Waals surface area contributed by atoms with Crippen LogP contribution in [0.5, 0.6) is 5.75 Å². The van der Waals surface area contributed by atoms with Crippen LogP contribution in [0.3, 0.4) is 0 Å². The van der Waals surface area contributed by atoms with E-state index in [1.54, 1.807) is 13.3 Å². The van der Waals surface area contributed by atoms with Crippen LogP contribution < -0.4 is 4.74 Å². The Morgan fingerprint density at radius 1 is 1.31 bits per heavy atom. The average Bonchev–Trinajstić information content (AvgIpc) is 2.34. The molecule has 0 N–H and O–H groups in total. The van der Waals surface area contributed by atoms with Crippen LogP contribution >= 0.6 is 0 Å². The second-order valence-electron chi connectivity index (χ2n) is 3.55. The van der Waals surface area contributed by atoms with Crippen molar-refractivity contribution in [2.24, 2.45) is 5.16 Å². The Kier molecular flexibility index (Phi) is 6.07. The van der Waals surface area contributed by atoms with E-state index in [4.69, 9.17) is 9.57 Å². The van der Waals surface area contributed by atoms with E-state index >= 15 is 0 Å². The van der Waals surface area contributed by atoms with Crippen LogP contribution in [-0.4, -0.2) is 19.9 Å². The summed E-state index contributed by atoms with van der Waals surface area (Å²) in [7, 11) is 1.65. The van der Waals surface area contributed by atoms with Gasteiger partial charge in [-0.1, -0.05) is 37.1 Å². The Balaban J connectivity index is 2.32. The molecule has 0 aliphatic heterocycles. The van der Waals surface area contributed by atoms with Gasteiger partial charge in [-0.15, -0.1) is 0 Å². The van der Waals surface area contributed by atoms with Crippen molar-refractivity contribution in [1.29, 1.82) is 0 Å². The number of hydrogen-bond donors (Lipinski definition) is 0. The largest absolute Gasteiger partial charge is 0.497 e. The summed E-state index contributed by atoms with van der Waals surface area (Å²) in [4.78, 5) is 5.14. The highest BCUT2D eigenvalue weighted by molar-refractivity contribution is 5.79. The molecule has 0 spiro atoms. The zero-order chi connectivity index (χ0) is 11.6. The van der Waals surface area contributed by atoms with Crippen LogP contribution in [0.4, 0.5) is 0 Å². The van der Waals surface area contributed by atoms with Crippen LogP contribution in [0, 0.1) is 0 Å². The number of methoxy groups -OCH3 is 1. The first-order valence-corrected chi connectivity index (χ1v) is 5.66. The van der Waals surface area contributed by atoms with E-state index in [0.717, 1.165) is 17.7 Å². The third kappa shape index (κ3) is 4.82. The molecular weight excluding hydrogens is 202 g/mol. The molecule has 16 heavy (non-hydrogen) atoms. The van der Waals surface area contributed by atoms with Crippen LogP contribution in [0.25, 0.3) is 0 Å². The number of oxime groups is 1. The number of hydrogen-bond acceptors (Lipinski definition) is 3. The van der Waals surface area contributed by atoms with Gasteiger partial charge < -0.3 is 9.57 Å². The summed E-state index contributed by atoms with van der Waals surface area (Å²) >= 11 is 0. The normalized spacial score (nSPS) is 10.6. The second-order valence-corrected chi connectivity index (χ2v) is 3.55. The molecule has 88 valence electrons. The van der Waals surface area contributed by atoms with Gasteiger partial charge in [0, 0.05) is 0 Å². The summed E-state index contributed by atoms with van der Waals surface area (Å²) in [5.74, 6) is 0.829. The summed E-state index contributed by atoms with van der Waals surface area (Å²) in [6.07, 6.45) is 5.15. The van der Waals surface area contributed by atoms with Crippen LogP contribution in [0.2, 0.25) is 0 Å². The van der Waals surface area contributed by atoms with Crippen LogP contribution in [0.15, 0.2) is 29.4 Å². The molecule has 0 aliphatic carbocycles. The Labute approximate surface area is 97.1 Å². The van der Waals surface area contributed by atoms with Gasteiger partial charge in [0.05, 0.1) is 13.3 Å². The lowest BCUT2D eigenvalue weighted by Gasteiger charge is -2.00. The first kappa shape index (κ1) is 12.6. The lowest BCUT2D eigenvalue weighted by atomic mass is 10.2. The third-order valence-electron chi connectivity index (χ3n) is 2.21. The molecule has 1 aromatic carbocycles. The van der Waals surface area contributed by atoms with Crippen LogP contribution in [0.1, 0.15) is 31.7 Å². The van der Waals surface area contributed by atoms with Gasteiger partial charge >= 0.3 is 0 Å². The molecule has 0 unspecified atom stereocenters. The van der Waals surface area contributed by atoms with E-state index in [0.29, 0.717) is 6.61 Å². The fraction of sp³-hybridized carbons (Fsp3) is 0.462. The minimum absolute atomic E-state index is 0.689. The van der Waals surface area contributed by atoms with Gasteiger partial charge in [-0.05, 0) is 24.1 Å². The maximum atomic E-state index is 5.14. The van der Waals surface area contributed by atoms with E-state index in [1.165, 1.54) is 12.8 Å². The van der Waals surface area contributed by atoms with Crippen molar-refractivity contribution in [3.05, 3.63) is 29.8 Å². The standard InChI is InChI=1S/C13H19NO2/c1-3-4-5-9-16-14-11-12-7-6-8-13(10-12)15-2/h6-8,10-11H,3-5,9H2,1-2H3. The van der Waals surface area contributed by atoms with Crippen molar-refractivity contribution in [3.8, 4) is 5.75 Å². The quantitative estimate of drug-likeness (QED) is 0.402. The molecule has 3 nitrogen and oxygen atoms in total. The molecule has 0 saturated carbocycles. The highest BCUT2D eigenvalue weighted by Gasteiger charge is 1.92. The molecule has 1 aromatic rings. The number of nitrogens with zero attached hydrogens (tertiary/aromatic N) is 1. The fourth-order valence-electron chi connectivity index (χ4n) is 1.29. The third-order valence-corrected chi connectivity index (χ3v) is 2.21. The first-order valence-electron chi connectivity index (χ1n) is 5.66. The molecule has 0 amide bonds. The molecule has 3 heteroatoms. The summed E-state index contributed by atoms with van der Waals surface area (Å²) in [5.41, 5.74) is 0.981. The minimum Gasteiger partial charge on any atom is -0.497 e. The van der Waals surface area contributed by atoms with Crippen molar-refractivity contribution >= 4 is 6.21 Å². The smallest absolute Gasteiger partial charge is 0.119 e. The Hall–Kier alpha value is -1.51. The van der Waals surface area contributed by atoms with Crippen molar-refractivity contribution in [1.82, 2.24) is 0 Å². The molecule has 0 bridgehead atoms. The average molecular weight is 221 g/mol. The van der Waals surface area contributed by atoms with E-state index in [1.807, 2.05) is 24.3 Å². The maximum Gasteiger partial charge on any atom is 0.119 e. The van der Waals surface area contributed by atoms with Crippen molar-refractivity contribution < 1.29 is 9.57 Å². The van der Waals surface area contributed by atoms with Crippen molar-refractivity contribution in [3.63, 3.8) is 0 Å².